The number of hydrogen-bond donors (Lipinski definition) is 3. The van der Waals surface area contributed by atoms with E-state index in [0.29, 0.717) is 75.8 Å². The van der Waals surface area contributed by atoms with Crippen LogP contribution in [0.2, 0.25) is 0 Å². The van der Waals surface area contributed by atoms with E-state index in [0.717, 1.165) is 46.5 Å². The number of carbonyl (C=O) groups is 4. The number of hydrogen-bond acceptors (Lipinski definition) is 8. The topological polar surface area (TPSA) is 187 Å². The molecule has 0 unspecified atom stereocenters. The van der Waals surface area contributed by atoms with Gasteiger partial charge in [-0.3, -0.25) is 19.0 Å². The van der Waals surface area contributed by atoms with Gasteiger partial charge < -0.3 is 26.0 Å². The van der Waals surface area contributed by atoms with Crippen LogP contribution in [0.3, 0.4) is 0 Å². The van der Waals surface area contributed by atoms with E-state index < -0.39 is 41.5 Å². The minimum atomic E-state index is -4.41. The van der Waals surface area contributed by atoms with Crippen molar-refractivity contribution in [2.45, 2.75) is 91.9 Å². The van der Waals surface area contributed by atoms with Crippen LogP contribution >= 0.6 is 0 Å². The van der Waals surface area contributed by atoms with Crippen molar-refractivity contribution in [3.8, 4) is 0 Å². The Morgan fingerprint density at radius 1 is 0.544 bits per heavy atom. The number of amides is 2. The molecule has 2 heterocycles. The summed E-state index contributed by atoms with van der Waals surface area (Å²) >= 11 is 0. The molecule has 0 spiro atoms. The van der Waals surface area contributed by atoms with E-state index in [1.165, 1.54) is 43.5 Å². The van der Waals surface area contributed by atoms with Crippen molar-refractivity contribution >= 4 is 45.6 Å². The number of rotatable bonds is 16. The monoisotopic (exact) mass is 1100 g/mol. The average Bonchev–Trinajstić information content (AvgIpc) is 4.01. The zero-order valence-electron chi connectivity index (χ0n) is 44.8. The van der Waals surface area contributed by atoms with Crippen LogP contribution in [0.4, 0.5) is 26.3 Å². The Labute approximate surface area is 475 Å². The number of ether oxygens (including phenoxy) is 1. The molecule has 0 aliphatic rings. The molecule has 2 atom stereocenters. The molecule has 410 valence electrons. The molecular weight excluding hydrogens is 1040 g/mol. The van der Waals surface area contributed by atoms with E-state index in [-0.39, 0.29) is 70.3 Å². The van der Waals surface area contributed by atoms with E-state index in [9.17, 15) is 45.5 Å². The fourth-order valence-electron chi connectivity index (χ4n) is 8.92. The van der Waals surface area contributed by atoms with Crippen LogP contribution in [-0.4, -0.2) is 61.0 Å². The minimum absolute atomic E-state index is 0. The first-order valence-corrected chi connectivity index (χ1v) is 24.8. The van der Waals surface area contributed by atoms with Gasteiger partial charge in [0, 0.05) is 23.9 Å². The van der Waals surface area contributed by atoms with E-state index in [1.54, 1.807) is 45.8 Å². The summed E-state index contributed by atoms with van der Waals surface area (Å²) in [5, 5.41) is 25.9. The quantitative estimate of drug-likeness (QED) is 0.0481. The zero-order chi connectivity index (χ0) is 55.9. The maximum Gasteiger partial charge on any atom is 1.00 e. The molecule has 13 nitrogen and oxygen atoms in total. The summed E-state index contributed by atoms with van der Waals surface area (Å²) in [4.78, 5) is 50.3. The number of carboxylic acids is 1. The second-order valence-electron chi connectivity index (χ2n) is 19.6. The van der Waals surface area contributed by atoms with E-state index in [4.69, 9.17) is 14.9 Å². The molecule has 8 aromatic rings. The molecule has 0 saturated heterocycles. The number of nitrogens with one attached hydrogen (secondary N) is 2. The third-order valence-corrected chi connectivity index (χ3v) is 12.7. The number of fused-ring (bicyclic) bond motifs is 2. The third kappa shape index (κ3) is 15.5. The Morgan fingerprint density at radius 3 is 1.22 bits per heavy atom. The molecule has 2 amide bonds. The SMILES string of the molecule is CC(C)Cn1nc2cccc(Cc3ccc(C(F)(F)F)cc3)c2c1C(=O)N[C@@H](C)c1ccc(C(=O)O)cc1.COC(=O)c1ccc([C@H](C)NC(=O)c2c3c(Cc4ccc(C(F)(F)F)cc4)cccc3nn2CC(C)C)cc1.[Na+].[OH-]. The first-order valence-electron chi connectivity index (χ1n) is 24.8. The van der Waals surface area contributed by atoms with Gasteiger partial charge in [-0.25, -0.2) is 9.59 Å². The number of carbonyl (C=O) groups excluding carboxylic acids is 3. The van der Waals surface area contributed by atoms with Crippen molar-refractivity contribution in [2.24, 2.45) is 11.8 Å². The molecular formula is C59H59F6N6NaO7. The number of nitrogens with zero attached hydrogens (tertiary/aromatic N) is 4. The normalized spacial score (nSPS) is 12.2. The Balaban J connectivity index is 0.000000284. The standard InChI is InChI=1S/C30H30F3N3O3.C29H28F3N3O3.Na.H2O/c1-18(2)17-36-27(28(37)34-19(3)21-10-12-22(13-11-21)29(38)39-4)26-23(6-5-7-25(26)35-36)16-20-8-14-24(15-9-20)30(31,32)33;1-17(2)16-35-26(27(36)33-18(3)20-9-11-21(12-10-20)28(37)38)25-22(5-4-6-24(25)34-35)15-19-7-13-23(14-8-19)29(30,31)32;;/h5-15,18-19H,16-17H2,1-4H3,(H,34,37);4-14,17-18H,15-16H2,1-3H3,(H,33,36)(H,37,38);;1H2/q;;+1;/p-1/t19-;18-;;/m00../s1. The first kappa shape index (κ1) is 62.5. The molecule has 0 bridgehead atoms. The summed E-state index contributed by atoms with van der Waals surface area (Å²) in [5.74, 6) is -1.71. The number of methoxy groups -OCH3 is 1. The van der Waals surface area contributed by atoms with Crippen molar-refractivity contribution in [1.29, 1.82) is 0 Å². The molecule has 0 saturated carbocycles. The average molecular weight is 1100 g/mol. The molecule has 20 heteroatoms. The van der Waals surface area contributed by atoms with Crippen molar-refractivity contribution in [3.63, 3.8) is 0 Å². The van der Waals surface area contributed by atoms with Gasteiger partial charge in [-0.05, 0) is 133 Å². The van der Waals surface area contributed by atoms with Gasteiger partial charge in [0.2, 0.25) is 0 Å². The molecule has 4 N–H and O–H groups in total. The second-order valence-corrected chi connectivity index (χ2v) is 19.6. The molecule has 0 radical (unpaired) electrons. The third-order valence-electron chi connectivity index (χ3n) is 12.7. The van der Waals surface area contributed by atoms with Crippen LogP contribution < -0.4 is 40.2 Å². The van der Waals surface area contributed by atoms with Gasteiger partial charge in [0.15, 0.2) is 0 Å². The van der Waals surface area contributed by atoms with Crippen molar-refractivity contribution in [2.75, 3.05) is 7.11 Å². The summed E-state index contributed by atoms with van der Waals surface area (Å²) in [5.41, 5.74) is 5.69. The Kier molecular flexibility index (Phi) is 21.0. The maximum atomic E-state index is 13.7. The maximum absolute atomic E-state index is 13.7. The predicted octanol–water partition coefficient (Wildman–Crippen LogP) is 9.90. The van der Waals surface area contributed by atoms with Gasteiger partial charge in [-0.2, -0.15) is 36.5 Å². The van der Waals surface area contributed by atoms with Crippen molar-refractivity contribution in [1.82, 2.24) is 30.2 Å². The van der Waals surface area contributed by atoms with E-state index >= 15 is 0 Å². The second kappa shape index (κ2) is 26.6. The minimum Gasteiger partial charge on any atom is -0.870 e. The Bertz CT molecular complexity index is 3390. The van der Waals surface area contributed by atoms with E-state index in [2.05, 4.69) is 15.7 Å². The van der Waals surface area contributed by atoms with Gasteiger partial charge in [0.25, 0.3) is 11.8 Å². The van der Waals surface area contributed by atoms with Crippen LogP contribution in [0.5, 0.6) is 0 Å². The predicted molar refractivity (Wildman–Crippen MR) is 283 cm³/mol. The summed E-state index contributed by atoms with van der Waals surface area (Å²) in [6.45, 7) is 12.8. The molecule has 79 heavy (non-hydrogen) atoms. The molecule has 2 aromatic heterocycles. The fraction of sp³-hybridized carbons (Fsp3) is 0.288. The first-order chi connectivity index (χ1) is 36.4. The molecule has 0 aliphatic heterocycles. The summed E-state index contributed by atoms with van der Waals surface area (Å²) in [6, 6.07) is 33.4. The number of aromatic carboxylic acids is 1. The van der Waals surface area contributed by atoms with Crippen molar-refractivity contribution < 1.29 is 90.4 Å². The van der Waals surface area contributed by atoms with Crippen LogP contribution in [-0.2, 0) is 43.0 Å². The number of alkyl halides is 6. The van der Waals surface area contributed by atoms with Crippen LogP contribution in [0.25, 0.3) is 21.8 Å². The van der Waals surface area contributed by atoms with Gasteiger partial charge in [0.05, 0.1) is 52.5 Å². The number of benzene rings is 6. The van der Waals surface area contributed by atoms with E-state index in [1.807, 2.05) is 77.9 Å². The van der Waals surface area contributed by atoms with Crippen molar-refractivity contribution in [3.05, 3.63) is 200 Å². The van der Waals surface area contributed by atoms with Gasteiger partial charge >= 0.3 is 53.8 Å². The molecule has 0 fully saturated rings. The summed E-state index contributed by atoms with van der Waals surface area (Å²) in [6.07, 6.45) is -8.15. The number of carboxylic acid groups (broad SMARTS) is 1. The molecule has 0 aliphatic carbocycles. The van der Waals surface area contributed by atoms with Gasteiger partial charge in [-0.1, -0.05) is 100 Å². The summed E-state index contributed by atoms with van der Waals surface area (Å²) in [7, 11) is 1.32. The van der Waals surface area contributed by atoms with Crippen LogP contribution in [0.1, 0.15) is 140 Å². The van der Waals surface area contributed by atoms with Gasteiger partial charge in [0.1, 0.15) is 11.4 Å². The Hall–Kier alpha value is -7.32. The number of halogens is 6. The Morgan fingerprint density at radius 2 is 0.899 bits per heavy atom. The summed E-state index contributed by atoms with van der Waals surface area (Å²) < 4.78 is 86.2. The number of esters is 1. The molecule has 8 rings (SSSR count). The number of aromatic nitrogens is 4. The van der Waals surface area contributed by atoms with Crippen LogP contribution in [0.15, 0.2) is 133 Å². The fourth-order valence-corrected chi connectivity index (χ4v) is 8.92. The van der Waals surface area contributed by atoms with Crippen LogP contribution in [0, 0.1) is 11.8 Å². The smallest absolute Gasteiger partial charge is 0.870 e. The van der Waals surface area contributed by atoms with Gasteiger partial charge in [-0.15, -0.1) is 0 Å². The zero-order valence-corrected chi connectivity index (χ0v) is 46.8. The largest absolute Gasteiger partial charge is 1.00 e. The molecule has 6 aromatic carbocycles.